The summed E-state index contributed by atoms with van der Waals surface area (Å²) in [6.45, 7) is 1.61. The summed E-state index contributed by atoms with van der Waals surface area (Å²) in [7, 11) is -3.83. The summed E-state index contributed by atoms with van der Waals surface area (Å²) < 4.78 is 32.1. The van der Waals surface area contributed by atoms with Crippen molar-refractivity contribution in [1.29, 1.82) is 0 Å². The lowest BCUT2D eigenvalue weighted by molar-refractivity contribution is -0.143. The van der Waals surface area contributed by atoms with Crippen LogP contribution < -0.4 is 5.73 Å². The number of hydrogen-bond donors (Lipinski definition) is 1. The minimum absolute atomic E-state index is 0.00748. The number of halogens is 1. The molecule has 0 radical (unpaired) electrons. The second kappa shape index (κ2) is 6.33. The van der Waals surface area contributed by atoms with Gasteiger partial charge in [0.2, 0.25) is 10.0 Å². The van der Waals surface area contributed by atoms with Gasteiger partial charge in [0.05, 0.1) is 12.3 Å². The Labute approximate surface area is 132 Å². The van der Waals surface area contributed by atoms with Gasteiger partial charge in [-0.15, -0.1) is 0 Å². The Kier molecular flexibility index (Phi) is 4.90. The van der Waals surface area contributed by atoms with Crippen LogP contribution in [0.2, 0.25) is 0 Å². The fraction of sp³-hybridized carbons (Fsp3) is 0.462. The van der Waals surface area contributed by atoms with E-state index in [1.807, 2.05) is 0 Å². The quantitative estimate of drug-likeness (QED) is 0.603. The van der Waals surface area contributed by atoms with Crippen LogP contribution in [-0.2, 0) is 19.6 Å². The fourth-order valence-corrected chi connectivity index (χ4v) is 4.25. The average molecular weight is 377 g/mol. The van der Waals surface area contributed by atoms with E-state index in [-0.39, 0.29) is 29.8 Å². The molecule has 0 spiro atoms. The lowest BCUT2D eigenvalue weighted by Crippen LogP contribution is -2.38. The molecule has 116 valence electrons. The molecule has 21 heavy (non-hydrogen) atoms. The summed E-state index contributed by atoms with van der Waals surface area (Å²) in [4.78, 5) is 11.7. The monoisotopic (exact) mass is 376 g/mol. The maximum absolute atomic E-state index is 12.7. The van der Waals surface area contributed by atoms with Gasteiger partial charge >= 0.3 is 5.97 Å². The van der Waals surface area contributed by atoms with Gasteiger partial charge < -0.3 is 10.5 Å². The first-order chi connectivity index (χ1) is 9.86. The van der Waals surface area contributed by atoms with Gasteiger partial charge in [0, 0.05) is 10.5 Å². The van der Waals surface area contributed by atoms with E-state index in [4.69, 9.17) is 10.5 Å². The van der Waals surface area contributed by atoms with Crippen LogP contribution >= 0.6 is 15.9 Å². The van der Waals surface area contributed by atoms with Crippen molar-refractivity contribution < 1.29 is 17.9 Å². The number of nitrogens with two attached hydrogens (primary N) is 1. The van der Waals surface area contributed by atoms with Gasteiger partial charge in [-0.25, -0.2) is 8.42 Å². The lowest BCUT2D eigenvalue weighted by Gasteiger charge is -2.21. The van der Waals surface area contributed by atoms with Crippen LogP contribution in [0.4, 0.5) is 5.69 Å². The van der Waals surface area contributed by atoms with Crippen LogP contribution in [0.25, 0.3) is 0 Å². The molecule has 0 saturated heterocycles. The van der Waals surface area contributed by atoms with E-state index >= 15 is 0 Å². The molecule has 0 unspecified atom stereocenters. The first-order valence-corrected chi connectivity index (χ1v) is 8.82. The van der Waals surface area contributed by atoms with E-state index in [2.05, 4.69) is 15.9 Å². The number of anilines is 1. The standard InChI is InChI=1S/C13H17BrN2O4S/c1-2-20-13(17)8-16(10-4-5-10)21(18,19)12-7-9(14)3-6-11(12)15/h3,6-7,10H,2,4-5,8,15H2,1H3. The zero-order valence-corrected chi connectivity index (χ0v) is 14.0. The van der Waals surface area contributed by atoms with Crippen LogP contribution in [0.15, 0.2) is 27.6 Å². The van der Waals surface area contributed by atoms with E-state index in [9.17, 15) is 13.2 Å². The number of rotatable bonds is 6. The lowest BCUT2D eigenvalue weighted by atomic mass is 10.3. The summed E-state index contributed by atoms with van der Waals surface area (Å²) in [6.07, 6.45) is 1.49. The average Bonchev–Trinajstić information content (AvgIpc) is 3.23. The van der Waals surface area contributed by atoms with Crippen molar-refractivity contribution in [3.05, 3.63) is 22.7 Å². The Morgan fingerprint density at radius 2 is 2.14 bits per heavy atom. The number of sulfonamides is 1. The van der Waals surface area contributed by atoms with Gasteiger partial charge in [0.25, 0.3) is 0 Å². The minimum atomic E-state index is -3.83. The molecule has 1 fully saturated rings. The number of esters is 1. The largest absolute Gasteiger partial charge is 0.465 e. The first kappa shape index (κ1) is 16.3. The highest BCUT2D eigenvalue weighted by atomic mass is 79.9. The van der Waals surface area contributed by atoms with Gasteiger partial charge in [-0.1, -0.05) is 15.9 Å². The smallest absolute Gasteiger partial charge is 0.321 e. The molecule has 1 aliphatic rings. The number of benzene rings is 1. The first-order valence-electron chi connectivity index (χ1n) is 6.58. The molecule has 0 amide bonds. The SMILES string of the molecule is CCOC(=O)CN(C1CC1)S(=O)(=O)c1cc(Br)ccc1N. The minimum Gasteiger partial charge on any atom is -0.465 e. The highest BCUT2D eigenvalue weighted by molar-refractivity contribution is 9.10. The number of carbonyl (C=O) groups excluding carboxylic acids is 1. The topological polar surface area (TPSA) is 89.7 Å². The van der Waals surface area contributed by atoms with Crippen molar-refractivity contribution in [1.82, 2.24) is 4.31 Å². The molecular formula is C13H17BrN2O4S. The van der Waals surface area contributed by atoms with Crippen LogP contribution in [-0.4, -0.2) is 37.9 Å². The Morgan fingerprint density at radius 1 is 1.48 bits per heavy atom. The van der Waals surface area contributed by atoms with E-state index in [0.29, 0.717) is 4.47 Å². The molecule has 1 aromatic carbocycles. The molecule has 1 aromatic rings. The number of nitrogens with zero attached hydrogens (tertiary/aromatic N) is 1. The zero-order chi connectivity index (χ0) is 15.6. The summed E-state index contributed by atoms with van der Waals surface area (Å²) in [5.41, 5.74) is 5.94. The molecular weight excluding hydrogens is 360 g/mol. The van der Waals surface area contributed by atoms with Crippen LogP contribution in [0.3, 0.4) is 0 Å². The van der Waals surface area contributed by atoms with Crippen molar-refractivity contribution in [3.8, 4) is 0 Å². The maximum Gasteiger partial charge on any atom is 0.321 e. The molecule has 8 heteroatoms. The van der Waals surface area contributed by atoms with Crippen molar-refractivity contribution in [3.63, 3.8) is 0 Å². The van der Waals surface area contributed by atoms with E-state index in [1.54, 1.807) is 13.0 Å². The third kappa shape index (κ3) is 3.75. The normalized spacial score (nSPS) is 15.2. The Hall–Kier alpha value is -1.12. The van der Waals surface area contributed by atoms with Crippen LogP contribution in [0, 0.1) is 0 Å². The van der Waals surface area contributed by atoms with Gasteiger partial charge in [-0.2, -0.15) is 4.31 Å². The summed E-state index contributed by atoms with van der Waals surface area (Å²) in [6, 6.07) is 4.48. The number of nitrogen functional groups attached to an aromatic ring is 1. The summed E-state index contributed by atoms with van der Waals surface area (Å²) in [5.74, 6) is -0.554. The van der Waals surface area contributed by atoms with Gasteiger partial charge in [0.1, 0.15) is 11.4 Å². The molecule has 6 nitrogen and oxygen atoms in total. The molecule has 2 rings (SSSR count). The molecule has 0 heterocycles. The summed E-state index contributed by atoms with van der Waals surface area (Å²) in [5, 5.41) is 0. The van der Waals surface area contributed by atoms with Crippen LogP contribution in [0.1, 0.15) is 19.8 Å². The van der Waals surface area contributed by atoms with Crippen molar-refractivity contribution in [2.45, 2.75) is 30.7 Å². The molecule has 2 N–H and O–H groups in total. The van der Waals surface area contributed by atoms with Crippen molar-refractivity contribution >= 4 is 37.6 Å². The predicted molar refractivity (Wildman–Crippen MR) is 82.1 cm³/mol. The Morgan fingerprint density at radius 3 is 2.71 bits per heavy atom. The molecule has 1 aliphatic carbocycles. The number of ether oxygens (including phenoxy) is 1. The summed E-state index contributed by atoms with van der Waals surface area (Å²) >= 11 is 3.24. The van der Waals surface area contributed by atoms with Crippen LogP contribution in [0.5, 0.6) is 0 Å². The highest BCUT2D eigenvalue weighted by Gasteiger charge is 2.40. The number of hydrogen-bond acceptors (Lipinski definition) is 5. The molecule has 1 saturated carbocycles. The highest BCUT2D eigenvalue weighted by Crippen LogP contribution is 2.34. The second-order valence-corrected chi connectivity index (χ2v) is 7.54. The molecule has 0 bridgehead atoms. The van der Waals surface area contributed by atoms with Gasteiger partial charge in [0.15, 0.2) is 0 Å². The molecule has 0 aromatic heterocycles. The number of carbonyl (C=O) groups is 1. The third-order valence-corrected chi connectivity index (χ3v) is 5.55. The molecule has 0 aliphatic heterocycles. The second-order valence-electron chi connectivity index (χ2n) is 4.77. The predicted octanol–water partition coefficient (Wildman–Crippen LogP) is 1.75. The zero-order valence-electron chi connectivity index (χ0n) is 11.6. The van der Waals surface area contributed by atoms with E-state index < -0.39 is 16.0 Å². The van der Waals surface area contributed by atoms with E-state index in [1.165, 1.54) is 16.4 Å². The third-order valence-electron chi connectivity index (χ3n) is 3.11. The Bertz CT molecular complexity index is 644. The Balaban J connectivity index is 2.34. The fourth-order valence-electron chi connectivity index (χ4n) is 1.96. The van der Waals surface area contributed by atoms with Crippen molar-refractivity contribution in [2.75, 3.05) is 18.9 Å². The molecule has 0 atom stereocenters. The van der Waals surface area contributed by atoms with Gasteiger partial charge in [-0.05, 0) is 38.0 Å². The maximum atomic E-state index is 12.7. The van der Waals surface area contributed by atoms with Gasteiger partial charge in [-0.3, -0.25) is 4.79 Å². The van der Waals surface area contributed by atoms with E-state index in [0.717, 1.165) is 12.8 Å². The van der Waals surface area contributed by atoms with Crippen molar-refractivity contribution in [2.24, 2.45) is 0 Å².